The number of hydrogen-bond donors (Lipinski definition) is 3. The van der Waals surface area contributed by atoms with Gasteiger partial charge in [-0.1, -0.05) is 31.5 Å². The first-order valence-corrected chi connectivity index (χ1v) is 9.40. The van der Waals surface area contributed by atoms with Crippen LogP contribution < -0.4 is 25.0 Å². The lowest BCUT2D eigenvalue weighted by Gasteiger charge is -2.43. The van der Waals surface area contributed by atoms with Gasteiger partial charge in [-0.3, -0.25) is 4.79 Å². The highest BCUT2D eigenvalue weighted by Gasteiger charge is 2.52. The molecule has 2 aromatic rings. The predicted octanol–water partition coefficient (Wildman–Crippen LogP) is 2.82. The monoisotopic (exact) mass is 399 g/mol. The Balaban J connectivity index is 2.16. The third kappa shape index (κ3) is 3.58. The van der Waals surface area contributed by atoms with Crippen LogP contribution in [0.25, 0.3) is 0 Å². The van der Waals surface area contributed by atoms with Crippen molar-refractivity contribution >= 4 is 23.3 Å². The summed E-state index contributed by atoms with van der Waals surface area (Å²) in [6, 6.07) is 10.8. The maximum Gasteiger partial charge on any atom is 0.329 e. The van der Waals surface area contributed by atoms with E-state index in [2.05, 4.69) is 10.6 Å². The summed E-state index contributed by atoms with van der Waals surface area (Å²) in [5, 5.41) is 17.2. The van der Waals surface area contributed by atoms with E-state index in [-0.39, 0.29) is 17.0 Å². The lowest BCUT2D eigenvalue weighted by atomic mass is 9.94. The van der Waals surface area contributed by atoms with Gasteiger partial charge in [0.2, 0.25) is 0 Å². The minimum atomic E-state index is -2.26. The second-order valence-corrected chi connectivity index (χ2v) is 6.63. The fraction of sp³-hybridized carbons (Fsp3) is 0.333. The minimum absolute atomic E-state index is 0.230. The van der Waals surface area contributed by atoms with Crippen LogP contribution in [0.1, 0.15) is 25.3 Å². The Morgan fingerprint density at radius 2 is 1.97 bits per heavy atom. The highest BCUT2D eigenvalue weighted by atomic mass is 16.5. The van der Waals surface area contributed by atoms with Gasteiger partial charge < -0.3 is 25.2 Å². The molecule has 3 N–H and O–H groups in total. The van der Waals surface area contributed by atoms with Gasteiger partial charge >= 0.3 is 6.03 Å². The highest BCUT2D eigenvalue weighted by Crippen LogP contribution is 2.43. The number of benzene rings is 2. The van der Waals surface area contributed by atoms with E-state index in [0.29, 0.717) is 18.0 Å². The van der Waals surface area contributed by atoms with Crippen molar-refractivity contribution in [2.24, 2.45) is 0 Å². The standard InChI is InChI=1S/C21H25N3O5/c1-4-5-12-22-19(25)21(27)15-8-6-7-9-16(15)23-20(26)24(21)17-11-10-14(28-2)13-18(17)29-3/h6-11,13,27H,4-5,12H2,1-3H3,(H,22,25)(H,23,26)/t21-/m1/s1. The fourth-order valence-electron chi connectivity index (χ4n) is 3.31. The number of carbonyl (C=O) groups is 2. The van der Waals surface area contributed by atoms with Gasteiger partial charge in [0.1, 0.15) is 11.5 Å². The van der Waals surface area contributed by atoms with Crippen molar-refractivity contribution in [1.82, 2.24) is 5.32 Å². The van der Waals surface area contributed by atoms with Crippen molar-refractivity contribution in [2.75, 3.05) is 31.0 Å². The number of para-hydroxylation sites is 1. The molecule has 2 aromatic carbocycles. The first-order valence-electron chi connectivity index (χ1n) is 9.40. The number of unbranched alkanes of at least 4 members (excludes halogenated alkanes) is 1. The average molecular weight is 399 g/mol. The summed E-state index contributed by atoms with van der Waals surface area (Å²) < 4.78 is 10.6. The highest BCUT2D eigenvalue weighted by molar-refractivity contribution is 6.12. The number of rotatable bonds is 7. The molecule has 8 nitrogen and oxygen atoms in total. The third-order valence-corrected chi connectivity index (χ3v) is 4.83. The zero-order valence-electron chi connectivity index (χ0n) is 16.7. The number of fused-ring (bicyclic) bond motifs is 1. The number of ether oxygens (including phenoxy) is 2. The van der Waals surface area contributed by atoms with Crippen LogP contribution in [-0.2, 0) is 10.5 Å². The van der Waals surface area contributed by atoms with E-state index < -0.39 is 17.7 Å². The van der Waals surface area contributed by atoms with Crippen LogP contribution in [-0.4, -0.2) is 37.8 Å². The van der Waals surface area contributed by atoms with Crippen molar-refractivity contribution in [3.63, 3.8) is 0 Å². The quantitative estimate of drug-likeness (QED) is 0.622. The van der Waals surface area contributed by atoms with Crippen molar-refractivity contribution in [3.8, 4) is 11.5 Å². The second kappa shape index (κ2) is 8.40. The molecule has 1 aliphatic rings. The first kappa shape index (κ1) is 20.5. The van der Waals surface area contributed by atoms with Gasteiger partial charge in [0.15, 0.2) is 0 Å². The SMILES string of the molecule is CCCCNC(=O)[C@]1(O)c2ccccc2NC(=O)N1c1ccc(OC)cc1OC. The molecule has 0 saturated heterocycles. The normalized spacial score (nSPS) is 17.9. The second-order valence-electron chi connectivity index (χ2n) is 6.63. The van der Waals surface area contributed by atoms with Crippen LogP contribution in [0.15, 0.2) is 42.5 Å². The van der Waals surface area contributed by atoms with Crippen LogP contribution in [0.3, 0.4) is 0 Å². The fourth-order valence-corrected chi connectivity index (χ4v) is 3.31. The molecule has 0 aromatic heterocycles. The van der Waals surface area contributed by atoms with Gasteiger partial charge in [0.05, 0.1) is 25.6 Å². The van der Waals surface area contributed by atoms with Crippen LogP contribution in [0.5, 0.6) is 11.5 Å². The number of amides is 3. The molecule has 154 valence electrons. The molecule has 0 saturated carbocycles. The van der Waals surface area contributed by atoms with Gasteiger partial charge in [-0.15, -0.1) is 0 Å². The Labute approximate surface area is 169 Å². The van der Waals surface area contributed by atoms with Gasteiger partial charge in [0.25, 0.3) is 11.6 Å². The third-order valence-electron chi connectivity index (χ3n) is 4.83. The van der Waals surface area contributed by atoms with Crippen LogP contribution >= 0.6 is 0 Å². The molecule has 3 rings (SSSR count). The molecule has 0 bridgehead atoms. The van der Waals surface area contributed by atoms with Crippen LogP contribution in [0.4, 0.5) is 16.2 Å². The Morgan fingerprint density at radius 1 is 1.21 bits per heavy atom. The molecule has 0 radical (unpaired) electrons. The Hall–Kier alpha value is -3.26. The number of methoxy groups -OCH3 is 2. The van der Waals surface area contributed by atoms with Gasteiger partial charge in [-0.25, -0.2) is 9.69 Å². The topological polar surface area (TPSA) is 100 Å². The Bertz CT molecular complexity index is 917. The molecule has 0 aliphatic carbocycles. The molecule has 29 heavy (non-hydrogen) atoms. The number of nitrogens with zero attached hydrogens (tertiary/aromatic N) is 1. The van der Waals surface area contributed by atoms with Gasteiger partial charge in [-0.2, -0.15) is 0 Å². The molecule has 1 atom stereocenters. The molecule has 8 heteroatoms. The molecule has 0 spiro atoms. The Kier molecular flexibility index (Phi) is 5.93. The summed E-state index contributed by atoms with van der Waals surface area (Å²) in [6.07, 6.45) is 1.63. The Morgan fingerprint density at radius 3 is 2.66 bits per heavy atom. The number of anilines is 2. The molecule has 1 heterocycles. The zero-order chi connectivity index (χ0) is 21.0. The number of hydrogen-bond acceptors (Lipinski definition) is 5. The molecular formula is C21H25N3O5. The average Bonchev–Trinajstić information content (AvgIpc) is 2.73. The first-order chi connectivity index (χ1) is 14.0. The van der Waals surface area contributed by atoms with Crippen molar-refractivity contribution in [3.05, 3.63) is 48.0 Å². The summed E-state index contributed by atoms with van der Waals surface area (Å²) in [4.78, 5) is 27.2. The molecular weight excluding hydrogens is 374 g/mol. The maximum absolute atomic E-state index is 13.2. The maximum atomic E-state index is 13.2. The molecule has 3 amide bonds. The van der Waals surface area contributed by atoms with E-state index in [4.69, 9.17) is 9.47 Å². The lowest BCUT2D eigenvalue weighted by molar-refractivity contribution is -0.140. The summed E-state index contributed by atoms with van der Waals surface area (Å²) in [6.45, 7) is 2.38. The number of nitrogens with one attached hydrogen (secondary N) is 2. The minimum Gasteiger partial charge on any atom is -0.497 e. The van der Waals surface area contributed by atoms with Crippen molar-refractivity contribution in [1.29, 1.82) is 0 Å². The summed E-state index contributed by atoms with van der Waals surface area (Å²) in [5.74, 6) is 0.101. The van der Waals surface area contributed by atoms with Crippen molar-refractivity contribution < 1.29 is 24.2 Å². The van der Waals surface area contributed by atoms with E-state index in [0.717, 1.165) is 17.7 Å². The summed E-state index contributed by atoms with van der Waals surface area (Å²) in [7, 11) is 2.95. The van der Waals surface area contributed by atoms with Gasteiger partial charge in [0, 0.05) is 18.2 Å². The largest absolute Gasteiger partial charge is 0.497 e. The van der Waals surface area contributed by atoms with Gasteiger partial charge in [-0.05, 0) is 24.6 Å². The van der Waals surface area contributed by atoms with E-state index in [1.165, 1.54) is 14.2 Å². The van der Waals surface area contributed by atoms with E-state index in [1.54, 1.807) is 42.5 Å². The molecule has 0 unspecified atom stereocenters. The summed E-state index contributed by atoms with van der Waals surface area (Å²) >= 11 is 0. The van der Waals surface area contributed by atoms with E-state index >= 15 is 0 Å². The van der Waals surface area contributed by atoms with Crippen molar-refractivity contribution in [2.45, 2.75) is 25.5 Å². The van der Waals surface area contributed by atoms with E-state index in [9.17, 15) is 14.7 Å². The van der Waals surface area contributed by atoms with Crippen LogP contribution in [0.2, 0.25) is 0 Å². The lowest BCUT2D eigenvalue weighted by Crippen LogP contribution is -2.62. The zero-order valence-corrected chi connectivity index (χ0v) is 16.7. The van der Waals surface area contributed by atoms with Crippen LogP contribution in [0, 0.1) is 0 Å². The summed E-state index contributed by atoms with van der Waals surface area (Å²) in [5.41, 5.74) is -1.39. The van der Waals surface area contributed by atoms with E-state index in [1.807, 2.05) is 6.92 Å². The molecule has 0 fully saturated rings. The number of urea groups is 1. The number of carbonyl (C=O) groups excluding carboxylic acids is 2. The predicted molar refractivity (Wildman–Crippen MR) is 109 cm³/mol. The molecule has 1 aliphatic heterocycles. The number of aliphatic hydroxyl groups is 1. The smallest absolute Gasteiger partial charge is 0.329 e.